The Hall–Kier alpha value is -5.46. The van der Waals surface area contributed by atoms with Crippen molar-refractivity contribution in [3.05, 3.63) is 180 Å². The zero-order valence-corrected chi connectivity index (χ0v) is 26.1. The molecule has 0 fully saturated rings. The van der Waals surface area contributed by atoms with E-state index in [1.165, 1.54) is 81.3 Å². The van der Waals surface area contributed by atoms with Crippen LogP contribution in [-0.4, -0.2) is 0 Å². The highest BCUT2D eigenvalue weighted by atomic mass is 14.1. The van der Waals surface area contributed by atoms with Gasteiger partial charge in [-0.15, -0.1) is 0 Å². The van der Waals surface area contributed by atoms with Gasteiger partial charge in [0, 0.05) is 0 Å². The maximum atomic E-state index is 2.28. The SMILES string of the molecule is Cc1c2ccccc2cc2ccccc12.Cc1ccc2cc3ccccc3cc2c1.Cc1cccc2cc3ccccc3cc12. The van der Waals surface area contributed by atoms with Crippen LogP contribution in [-0.2, 0) is 0 Å². The van der Waals surface area contributed by atoms with Crippen molar-refractivity contribution in [1.82, 2.24) is 0 Å². The first kappa shape index (κ1) is 28.3. The number of rotatable bonds is 0. The lowest BCUT2D eigenvalue weighted by Gasteiger charge is -2.06. The van der Waals surface area contributed by atoms with Crippen LogP contribution in [0.3, 0.4) is 0 Å². The standard InChI is InChI=1S/3C15H12/c1-11-14-8-4-2-6-12(14)10-13-7-3-5-9-15(11)13;1-11-5-4-8-14-9-12-6-2-3-7-13(12)10-15(11)14;1-11-6-7-14-9-12-4-2-3-5-13(12)10-15(14)8-11/h3*2-10H,1H3. The minimum atomic E-state index is 1.31. The van der Waals surface area contributed by atoms with Crippen molar-refractivity contribution in [2.24, 2.45) is 0 Å². The summed E-state index contributed by atoms with van der Waals surface area (Å²) in [6, 6.07) is 58.5. The second-order valence-electron chi connectivity index (χ2n) is 12.0. The molecular formula is C45H36. The van der Waals surface area contributed by atoms with Crippen LogP contribution < -0.4 is 0 Å². The molecule has 0 heteroatoms. The average Bonchev–Trinajstić information content (AvgIpc) is 3.07. The van der Waals surface area contributed by atoms with Gasteiger partial charge < -0.3 is 0 Å². The topological polar surface area (TPSA) is 0 Å². The lowest BCUT2D eigenvalue weighted by molar-refractivity contribution is 1.51. The van der Waals surface area contributed by atoms with Crippen molar-refractivity contribution in [3.63, 3.8) is 0 Å². The van der Waals surface area contributed by atoms with Crippen LogP contribution >= 0.6 is 0 Å². The van der Waals surface area contributed by atoms with Gasteiger partial charge in [-0.3, -0.25) is 0 Å². The smallest absolute Gasteiger partial charge is 0.0148 e. The summed E-state index contributed by atoms with van der Waals surface area (Å²) in [5.74, 6) is 0. The van der Waals surface area contributed by atoms with Crippen molar-refractivity contribution >= 4 is 64.6 Å². The maximum Gasteiger partial charge on any atom is -0.0148 e. The van der Waals surface area contributed by atoms with E-state index in [0.717, 1.165) is 0 Å². The quantitative estimate of drug-likeness (QED) is 0.158. The molecule has 0 N–H and O–H groups in total. The molecule has 0 nitrogen and oxygen atoms in total. The molecule has 0 unspecified atom stereocenters. The fourth-order valence-corrected chi connectivity index (χ4v) is 6.42. The Morgan fingerprint density at radius 1 is 0.267 bits per heavy atom. The summed E-state index contributed by atoms with van der Waals surface area (Å²) in [7, 11) is 0. The van der Waals surface area contributed by atoms with Crippen LogP contribution in [0, 0.1) is 20.8 Å². The second-order valence-corrected chi connectivity index (χ2v) is 12.0. The predicted octanol–water partition coefficient (Wildman–Crippen LogP) is 12.9. The zero-order chi connectivity index (χ0) is 30.8. The van der Waals surface area contributed by atoms with E-state index in [-0.39, 0.29) is 0 Å². The molecule has 0 saturated heterocycles. The number of aryl methyl sites for hydroxylation is 3. The van der Waals surface area contributed by atoms with Crippen LogP contribution in [0.1, 0.15) is 16.7 Å². The molecule has 0 aliphatic carbocycles. The third kappa shape index (κ3) is 5.88. The molecule has 9 aromatic rings. The Balaban J connectivity index is 0.000000108. The van der Waals surface area contributed by atoms with Gasteiger partial charge in [-0.2, -0.15) is 0 Å². The van der Waals surface area contributed by atoms with Crippen LogP contribution in [0.25, 0.3) is 64.6 Å². The van der Waals surface area contributed by atoms with Crippen molar-refractivity contribution in [3.8, 4) is 0 Å². The summed E-state index contributed by atoms with van der Waals surface area (Å²) < 4.78 is 0. The van der Waals surface area contributed by atoms with E-state index in [1.807, 2.05) is 0 Å². The molecule has 9 aromatic carbocycles. The molecule has 0 spiro atoms. The molecule has 0 atom stereocenters. The highest BCUT2D eigenvalue weighted by Gasteiger charge is 2.02. The molecule has 0 radical (unpaired) electrons. The van der Waals surface area contributed by atoms with E-state index in [4.69, 9.17) is 0 Å². The first-order valence-corrected chi connectivity index (χ1v) is 15.7. The van der Waals surface area contributed by atoms with Crippen LogP contribution in [0.2, 0.25) is 0 Å². The first-order chi connectivity index (χ1) is 22.0. The van der Waals surface area contributed by atoms with Crippen molar-refractivity contribution in [1.29, 1.82) is 0 Å². The first-order valence-electron chi connectivity index (χ1n) is 15.7. The Morgan fingerprint density at radius 2 is 0.667 bits per heavy atom. The molecule has 0 heterocycles. The van der Waals surface area contributed by atoms with Gasteiger partial charge in [-0.25, -0.2) is 0 Å². The largest absolute Gasteiger partial charge is 0.0616 e. The summed E-state index contributed by atoms with van der Waals surface area (Å²) in [6.45, 7) is 6.50. The number of hydrogen-bond donors (Lipinski definition) is 0. The van der Waals surface area contributed by atoms with E-state index in [0.29, 0.717) is 0 Å². The average molecular weight is 577 g/mol. The Morgan fingerprint density at radius 3 is 1.27 bits per heavy atom. The van der Waals surface area contributed by atoms with Crippen LogP contribution in [0.5, 0.6) is 0 Å². The monoisotopic (exact) mass is 576 g/mol. The summed E-state index contributed by atoms with van der Waals surface area (Å²) in [4.78, 5) is 0. The van der Waals surface area contributed by atoms with E-state index in [9.17, 15) is 0 Å². The molecule has 216 valence electrons. The van der Waals surface area contributed by atoms with Crippen molar-refractivity contribution in [2.45, 2.75) is 20.8 Å². The van der Waals surface area contributed by atoms with E-state index >= 15 is 0 Å². The van der Waals surface area contributed by atoms with Crippen LogP contribution in [0.4, 0.5) is 0 Å². The Labute approximate surface area is 265 Å². The number of benzene rings is 9. The van der Waals surface area contributed by atoms with Crippen molar-refractivity contribution < 1.29 is 0 Å². The predicted molar refractivity (Wildman–Crippen MR) is 199 cm³/mol. The van der Waals surface area contributed by atoms with Crippen LogP contribution in [0.15, 0.2) is 164 Å². The molecule has 0 aliphatic heterocycles. The lowest BCUT2D eigenvalue weighted by Crippen LogP contribution is -1.81. The van der Waals surface area contributed by atoms with Gasteiger partial charge in [-0.05, 0) is 127 Å². The molecule has 0 bridgehead atoms. The minimum absolute atomic E-state index is 1.31. The molecule has 0 amide bonds. The van der Waals surface area contributed by atoms with E-state index in [2.05, 4.69) is 185 Å². The maximum absolute atomic E-state index is 2.28. The Bertz CT molecular complexity index is 2370. The summed E-state index contributed by atoms with van der Waals surface area (Å²) in [6.07, 6.45) is 0. The summed E-state index contributed by atoms with van der Waals surface area (Å²) >= 11 is 0. The summed E-state index contributed by atoms with van der Waals surface area (Å²) in [5, 5.41) is 16.0. The van der Waals surface area contributed by atoms with Gasteiger partial charge in [0.25, 0.3) is 0 Å². The third-order valence-electron chi connectivity index (χ3n) is 8.87. The molecule has 0 saturated carbocycles. The molecule has 0 aromatic heterocycles. The second kappa shape index (κ2) is 12.3. The van der Waals surface area contributed by atoms with Crippen molar-refractivity contribution in [2.75, 3.05) is 0 Å². The molecular weight excluding hydrogens is 540 g/mol. The minimum Gasteiger partial charge on any atom is -0.0616 e. The van der Waals surface area contributed by atoms with Gasteiger partial charge >= 0.3 is 0 Å². The van der Waals surface area contributed by atoms with E-state index in [1.54, 1.807) is 0 Å². The summed E-state index contributed by atoms with van der Waals surface area (Å²) in [5.41, 5.74) is 4.04. The van der Waals surface area contributed by atoms with Gasteiger partial charge in [0.1, 0.15) is 0 Å². The number of fused-ring (bicyclic) bond motifs is 6. The normalized spacial score (nSPS) is 11.0. The van der Waals surface area contributed by atoms with Gasteiger partial charge in [0.05, 0.1) is 0 Å². The highest BCUT2D eigenvalue weighted by Crippen LogP contribution is 2.28. The van der Waals surface area contributed by atoms with E-state index < -0.39 is 0 Å². The molecule has 9 rings (SSSR count). The van der Waals surface area contributed by atoms with Gasteiger partial charge in [-0.1, -0.05) is 139 Å². The van der Waals surface area contributed by atoms with Gasteiger partial charge in [0.15, 0.2) is 0 Å². The third-order valence-corrected chi connectivity index (χ3v) is 8.87. The fraction of sp³-hybridized carbons (Fsp3) is 0.0667. The molecule has 0 aliphatic rings. The lowest BCUT2D eigenvalue weighted by atomic mass is 9.98. The zero-order valence-electron chi connectivity index (χ0n) is 26.1. The highest BCUT2D eigenvalue weighted by molar-refractivity contribution is 6.02. The number of hydrogen-bond acceptors (Lipinski definition) is 0. The molecule has 45 heavy (non-hydrogen) atoms. The fourth-order valence-electron chi connectivity index (χ4n) is 6.42. The Kier molecular flexibility index (Phi) is 7.72. The van der Waals surface area contributed by atoms with Gasteiger partial charge in [0.2, 0.25) is 0 Å².